The maximum Gasteiger partial charge on any atom is 0.327 e. The molecule has 1 saturated carbocycles. The van der Waals surface area contributed by atoms with Gasteiger partial charge in [-0.15, -0.1) is 11.8 Å². The molecule has 6 nitrogen and oxygen atoms in total. The number of nitrogens with zero attached hydrogens (tertiary/aromatic N) is 1. The number of thioether (sulfide) groups is 1. The van der Waals surface area contributed by atoms with Crippen molar-refractivity contribution in [3.63, 3.8) is 0 Å². The van der Waals surface area contributed by atoms with Gasteiger partial charge in [-0.1, -0.05) is 0 Å². The van der Waals surface area contributed by atoms with Crippen LogP contribution < -0.4 is 5.32 Å². The smallest absolute Gasteiger partial charge is 0.327 e. The molecule has 0 bridgehead atoms. The summed E-state index contributed by atoms with van der Waals surface area (Å²) in [5.74, 6) is 0.282. The number of urea groups is 1. The zero-order valence-electron chi connectivity index (χ0n) is 11.6. The second-order valence-corrected chi connectivity index (χ2v) is 8.04. The number of hydrogen-bond acceptors (Lipinski definition) is 4. The van der Waals surface area contributed by atoms with Gasteiger partial charge in [-0.2, -0.15) is 0 Å². The third-order valence-corrected chi connectivity index (χ3v) is 5.87. The van der Waals surface area contributed by atoms with Crippen LogP contribution in [0.4, 0.5) is 4.79 Å². The Morgan fingerprint density at radius 2 is 2.15 bits per heavy atom. The van der Waals surface area contributed by atoms with Gasteiger partial charge < -0.3 is 10.4 Å². The summed E-state index contributed by atoms with van der Waals surface area (Å²) in [6.45, 7) is 1.78. The Balaban J connectivity index is 2.02. The standard InChI is InChI=1S/C12H20N2O4S2/c1-7(6-20(2)18)13-12(17)14-9(11(15)16)5-19-10(14)8-3-4-8/h7-10H,3-6H2,1-2H3,(H,13,17)(H,15,16). The van der Waals surface area contributed by atoms with Gasteiger partial charge in [0.2, 0.25) is 0 Å². The van der Waals surface area contributed by atoms with Crippen LogP contribution >= 0.6 is 11.8 Å². The summed E-state index contributed by atoms with van der Waals surface area (Å²) in [5.41, 5.74) is 0. The van der Waals surface area contributed by atoms with Crippen molar-refractivity contribution in [1.82, 2.24) is 10.2 Å². The summed E-state index contributed by atoms with van der Waals surface area (Å²) >= 11 is 1.55. The number of amides is 2. The first-order valence-electron chi connectivity index (χ1n) is 6.63. The lowest BCUT2D eigenvalue weighted by Gasteiger charge is -2.29. The molecule has 1 aliphatic heterocycles. The second kappa shape index (κ2) is 6.34. The first-order valence-corrected chi connectivity index (χ1v) is 9.41. The lowest BCUT2D eigenvalue weighted by atomic mass is 10.2. The molecule has 0 radical (unpaired) electrons. The van der Waals surface area contributed by atoms with E-state index in [2.05, 4.69) is 5.32 Å². The molecule has 2 fully saturated rings. The van der Waals surface area contributed by atoms with Crippen LogP contribution in [0.3, 0.4) is 0 Å². The fraction of sp³-hybridized carbons (Fsp3) is 0.833. The van der Waals surface area contributed by atoms with Gasteiger partial charge in [0.25, 0.3) is 0 Å². The van der Waals surface area contributed by atoms with E-state index in [1.165, 1.54) is 4.90 Å². The highest BCUT2D eigenvalue weighted by molar-refractivity contribution is 8.00. The van der Waals surface area contributed by atoms with Gasteiger partial charge in [0.05, 0.1) is 5.37 Å². The van der Waals surface area contributed by atoms with E-state index in [1.54, 1.807) is 24.9 Å². The molecule has 2 amide bonds. The molecule has 2 aliphatic rings. The second-order valence-electron chi connectivity index (χ2n) is 5.41. The number of carbonyl (C=O) groups is 2. The van der Waals surface area contributed by atoms with E-state index in [1.807, 2.05) is 0 Å². The number of nitrogens with one attached hydrogen (secondary N) is 1. The fourth-order valence-electron chi connectivity index (χ4n) is 2.40. The van der Waals surface area contributed by atoms with Gasteiger partial charge in [-0.25, -0.2) is 9.59 Å². The average Bonchev–Trinajstić information content (AvgIpc) is 3.05. The molecule has 1 heterocycles. The molecule has 0 aromatic rings. The van der Waals surface area contributed by atoms with E-state index >= 15 is 0 Å². The zero-order chi connectivity index (χ0) is 14.9. The Hall–Kier alpha value is -0.760. The zero-order valence-corrected chi connectivity index (χ0v) is 13.2. The molecule has 20 heavy (non-hydrogen) atoms. The molecule has 2 N–H and O–H groups in total. The van der Waals surface area contributed by atoms with E-state index in [9.17, 15) is 18.9 Å². The largest absolute Gasteiger partial charge is 0.480 e. The molecular formula is C12H20N2O4S2. The molecule has 1 saturated heterocycles. The van der Waals surface area contributed by atoms with Crippen molar-refractivity contribution in [1.29, 1.82) is 0 Å². The minimum absolute atomic E-state index is 0.0320. The normalized spacial score (nSPS) is 29.0. The average molecular weight is 320 g/mol. The minimum Gasteiger partial charge on any atom is -0.480 e. The molecule has 114 valence electrons. The van der Waals surface area contributed by atoms with E-state index in [4.69, 9.17) is 0 Å². The third kappa shape index (κ3) is 3.66. The predicted octanol–water partition coefficient (Wildman–Crippen LogP) is 0.701. The van der Waals surface area contributed by atoms with Crippen molar-refractivity contribution in [2.45, 2.75) is 37.2 Å². The van der Waals surface area contributed by atoms with Gasteiger partial charge in [0.15, 0.2) is 0 Å². The van der Waals surface area contributed by atoms with Gasteiger partial charge in [-0.3, -0.25) is 9.11 Å². The van der Waals surface area contributed by atoms with Crippen molar-refractivity contribution < 1.29 is 18.9 Å². The predicted molar refractivity (Wildman–Crippen MR) is 79.2 cm³/mol. The quantitative estimate of drug-likeness (QED) is 0.779. The lowest BCUT2D eigenvalue weighted by molar-refractivity contribution is -0.141. The van der Waals surface area contributed by atoms with Crippen LogP contribution in [0.25, 0.3) is 0 Å². The van der Waals surface area contributed by atoms with E-state index in [0.717, 1.165) is 12.8 Å². The molecular weight excluding hydrogens is 300 g/mol. The Morgan fingerprint density at radius 1 is 1.50 bits per heavy atom. The number of aliphatic carboxylic acids is 1. The highest BCUT2D eigenvalue weighted by atomic mass is 32.2. The Morgan fingerprint density at radius 3 is 2.65 bits per heavy atom. The van der Waals surface area contributed by atoms with E-state index < -0.39 is 22.8 Å². The van der Waals surface area contributed by atoms with Crippen LogP contribution in [0, 0.1) is 5.92 Å². The van der Waals surface area contributed by atoms with Crippen LogP contribution in [0.5, 0.6) is 0 Å². The number of carbonyl (C=O) groups excluding carboxylic acids is 1. The van der Waals surface area contributed by atoms with Crippen LogP contribution in [0.1, 0.15) is 19.8 Å². The van der Waals surface area contributed by atoms with Crippen LogP contribution in [-0.2, 0) is 15.6 Å². The number of hydrogen-bond donors (Lipinski definition) is 2. The fourth-order valence-corrected chi connectivity index (χ4v) is 4.82. The van der Waals surface area contributed by atoms with Crippen LogP contribution in [0.2, 0.25) is 0 Å². The van der Waals surface area contributed by atoms with Crippen molar-refractivity contribution in [3.8, 4) is 0 Å². The molecule has 0 spiro atoms. The highest BCUT2D eigenvalue weighted by Crippen LogP contribution is 2.45. The molecule has 8 heteroatoms. The summed E-state index contributed by atoms with van der Waals surface area (Å²) in [6.07, 6.45) is 3.70. The van der Waals surface area contributed by atoms with Crippen LogP contribution in [0.15, 0.2) is 0 Å². The summed E-state index contributed by atoms with van der Waals surface area (Å²) in [7, 11) is -0.991. The summed E-state index contributed by atoms with van der Waals surface area (Å²) in [5, 5.41) is 12.0. The first-order chi connectivity index (χ1) is 9.40. The van der Waals surface area contributed by atoms with Gasteiger partial charge in [0.1, 0.15) is 6.04 Å². The van der Waals surface area contributed by atoms with Gasteiger partial charge in [-0.05, 0) is 25.7 Å². The maximum absolute atomic E-state index is 12.3. The Kier molecular flexibility index (Phi) is 4.95. The number of carboxylic acids is 1. The highest BCUT2D eigenvalue weighted by Gasteiger charge is 2.48. The minimum atomic E-state index is -0.991. The molecule has 4 unspecified atom stereocenters. The van der Waals surface area contributed by atoms with Crippen molar-refractivity contribution in [3.05, 3.63) is 0 Å². The number of rotatable bonds is 5. The Labute approximate surface area is 125 Å². The molecule has 2 rings (SSSR count). The van der Waals surface area contributed by atoms with Crippen molar-refractivity contribution in [2.75, 3.05) is 17.8 Å². The molecule has 4 atom stereocenters. The third-order valence-electron chi connectivity index (χ3n) is 3.43. The number of carboxylic acid groups (broad SMARTS) is 1. The van der Waals surface area contributed by atoms with Crippen molar-refractivity contribution >= 4 is 34.6 Å². The van der Waals surface area contributed by atoms with Crippen LogP contribution in [-0.4, -0.2) is 61.4 Å². The molecule has 1 aliphatic carbocycles. The lowest BCUT2D eigenvalue weighted by Crippen LogP contribution is -2.53. The summed E-state index contributed by atoms with van der Waals surface area (Å²) in [6, 6.07) is -1.34. The first kappa shape index (κ1) is 15.6. The van der Waals surface area contributed by atoms with Crippen molar-refractivity contribution in [2.24, 2.45) is 5.92 Å². The summed E-state index contributed by atoms with van der Waals surface area (Å²) < 4.78 is 11.2. The maximum atomic E-state index is 12.3. The SMILES string of the molecule is CC(CS(C)=O)NC(=O)N1C(C(=O)O)CSC1C1CC1. The summed E-state index contributed by atoms with van der Waals surface area (Å²) in [4.78, 5) is 25.1. The van der Waals surface area contributed by atoms with E-state index in [-0.39, 0.29) is 17.4 Å². The molecule has 0 aromatic carbocycles. The molecule has 0 aromatic heterocycles. The van der Waals surface area contributed by atoms with Gasteiger partial charge >= 0.3 is 12.0 Å². The topological polar surface area (TPSA) is 86.7 Å². The van der Waals surface area contributed by atoms with Gasteiger partial charge in [0, 0.05) is 34.6 Å². The monoisotopic (exact) mass is 320 g/mol. The van der Waals surface area contributed by atoms with E-state index in [0.29, 0.717) is 17.4 Å². The Bertz CT molecular complexity index is 428.